The third-order valence-electron chi connectivity index (χ3n) is 2.19. The van der Waals surface area contributed by atoms with Gasteiger partial charge in [0.05, 0.1) is 5.70 Å². The average molecular weight is 212 g/mol. The minimum absolute atomic E-state index is 0.248. The maximum atomic E-state index is 11.2. The smallest absolute Gasteiger partial charge is 0.270 e. The number of amides is 1. The number of aliphatic hydroxyl groups excluding tert-OH is 1. The Hall–Kier alpha value is -2.54. The number of rotatable bonds is 1. The topological polar surface area (TPSA) is 73.1 Å². The Morgan fingerprint density at radius 1 is 1.31 bits per heavy atom. The van der Waals surface area contributed by atoms with E-state index in [0.29, 0.717) is 0 Å². The number of nitrogens with one attached hydrogen (secondary N) is 1. The number of aliphatic hydroxyl groups is 1. The van der Waals surface area contributed by atoms with E-state index in [4.69, 9.17) is 5.26 Å². The van der Waals surface area contributed by atoms with Crippen molar-refractivity contribution >= 4 is 12.0 Å². The number of carbonyl (C=O) groups excluding carboxylic acids is 1. The number of hydrogen-bond donors (Lipinski definition) is 2. The molecule has 1 aliphatic rings. The molecule has 1 aromatic carbocycles. The van der Waals surface area contributed by atoms with Crippen molar-refractivity contribution in [2.24, 2.45) is 0 Å². The van der Waals surface area contributed by atoms with Crippen LogP contribution in [-0.2, 0) is 4.79 Å². The second kappa shape index (κ2) is 3.91. The van der Waals surface area contributed by atoms with Gasteiger partial charge in [-0.2, -0.15) is 5.26 Å². The molecule has 0 saturated carbocycles. The van der Waals surface area contributed by atoms with Gasteiger partial charge in [0.25, 0.3) is 5.91 Å². The number of nitrogens with zero attached hydrogens (tertiary/aromatic N) is 1. The van der Waals surface area contributed by atoms with Crippen LogP contribution in [0.25, 0.3) is 6.08 Å². The first-order valence-electron chi connectivity index (χ1n) is 4.64. The standard InChI is InChI=1S/C12H8N2O2/c13-7-9-11(15)10(14-12(9)16)6-8-4-2-1-3-5-8/h1-6,15H,(H,14,16)/b10-6+. The van der Waals surface area contributed by atoms with Crippen molar-refractivity contribution in [3.05, 3.63) is 52.9 Å². The minimum Gasteiger partial charge on any atom is -0.504 e. The van der Waals surface area contributed by atoms with Crippen LogP contribution in [0.3, 0.4) is 0 Å². The Labute approximate surface area is 92.1 Å². The van der Waals surface area contributed by atoms with Gasteiger partial charge in [0.15, 0.2) is 11.3 Å². The fraction of sp³-hybridized carbons (Fsp3) is 0. The Kier molecular flexibility index (Phi) is 2.44. The predicted octanol–water partition coefficient (Wildman–Crippen LogP) is 1.49. The maximum absolute atomic E-state index is 11.2. The van der Waals surface area contributed by atoms with Gasteiger partial charge in [-0.1, -0.05) is 30.3 Å². The Balaban J connectivity index is 2.40. The molecule has 2 rings (SSSR count). The summed E-state index contributed by atoms with van der Waals surface area (Å²) in [5.74, 6) is -0.862. The molecule has 0 atom stereocenters. The highest BCUT2D eigenvalue weighted by molar-refractivity contribution is 6.04. The maximum Gasteiger partial charge on any atom is 0.270 e. The van der Waals surface area contributed by atoms with E-state index in [-0.39, 0.29) is 17.0 Å². The fourth-order valence-corrected chi connectivity index (χ4v) is 1.41. The van der Waals surface area contributed by atoms with Crippen molar-refractivity contribution in [1.82, 2.24) is 5.32 Å². The van der Waals surface area contributed by atoms with Crippen molar-refractivity contribution in [3.63, 3.8) is 0 Å². The van der Waals surface area contributed by atoms with Gasteiger partial charge in [-0.05, 0) is 11.6 Å². The molecule has 1 aliphatic heterocycles. The van der Waals surface area contributed by atoms with E-state index in [2.05, 4.69) is 5.32 Å². The summed E-state index contributed by atoms with van der Waals surface area (Å²) < 4.78 is 0. The van der Waals surface area contributed by atoms with Crippen molar-refractivity contribution in [2.75, 3.05) is 0 Å². The SMILES string of the molecule is N#CC1=C(O)/C(=C\c2ccccc2)NC1=O. The van der Waals surface area contributed by atoms with E-state index in [9.17, 15) is 9.90 Å². The van der Waals surface area contributed by atoms with E-state index in [1.165, 1.54) is 0 Å². The Morgan fingerprint density at radius 2 is 2.00 bits per heavy atom. The zero-order valence-corrected chi connectivity index (χ0v) is 8.27. The predicted molar refractivity (Wildman–Crippen MR) is 57.8 cm³/mol. The van der Waals surface area contributed by atoms with Crippen molar-refractivity contribution in [2.45, 2.75) is 0 Å². The first kappa shape index (κ1) is 9.99. The molecular weight excluding hydrogens is 204 g/mol. The van der Waals surface area contributed by atoms with Crippen LogP contribution in [0.4, 0.5) is 0 Å². The molecule has 0 spiro atoms. The zero-order valence-electron chi connectivity index (χ0n) is 8.27. The second-order valence-electron chi connectivity index (χ2n) is 3.26. The van der Waals surface area contributed by atoms with Crippen LogP contribution in [-0.4, -0.2) is 11.0 Å². The molecule has 0 unspecified atom stereocenters. The third-order valence-corrected chi connectivity index (χ3v) is 2.19. The van der Waals surface area contributed by atoms with Gasteiger partial charge in [0.1, 0.15) is 6.07 Å². The largest absolute Gasteiger partial charge is 0.504 e. The Bertz CT molecular complexity index is 536. The summed E-state index contributed by atoms with van der Waals surface area (Å²) in [5.41, 5.74) is 0.846. The summed E-state index contributed by atoms with van der Waals surface area (Å²) in [6.45, 7) is 0. The number of nitriles is 1. The normalized spacial score (nSPS) is 17.4. The molecule has 0 aromatic heterocycles. The van der Waals surface area contributed by atoms with Crippen LogP contribution < -0.4 is 5.32 Å². The van der Waals surface area contributed by atoms with E-state index < -0.39 is 5.91 Å². The summed E-state index contributed by atoms with van der Waals surface area (Å²) in [6.07, 6.45) is 1.61. The minimum atomic E-state index is -0.567. The van der Waals surface area contributed by atoms with Crippen LogP contribution in [0.5, 0.6) is 0 Å². The Morgan fingerprint density at radius 3 is 2.56 bits per heavy atom. The molecule has 0 radical (unpaired) electrons. The number of hydrogen-bond acceptors (Lipinski definition) is 3. The molecule has 0 saturated heterocycles. The first-order chi connectivity index (χ1) is 7.72. The molecule has 0 aliphatic carbocycles. The van der Waals surface area contributed by atoms with E-state index in [1.807, 2.05) is 30.3 Å². The highest BCUT2D eigenvalue weighted by atomic mass is 16.3. The van der Waals surface area contributed by atoms with Crippen molar-refractivity contribution in [3.8, 4) is 6.07 Å². The lowest BCUT2D eigenvalue weighted by atomic mass is 10.2. The van der Waals surface area contributed by atoms with Crippen LogP contribution in [0.2, 0.25) is 0 Å². The highest BCUT2D eigenvalue weighted by Gasteiger charge is 2.26. The summed E-state index contributed by atoms with van der Waals surface area (Å²) in [7, 11) is 0. The molecule has 1 heterocycles. The molecule has 0 bridgehead atoms. The summed E-state index contributed by atoms with van der Waals surface area (Å²) >= 11 is 0. The van der Waals surface area contributed by atoms with Gasteiger partial charge < -0.3 is 10.4 Å². The number of carbonyl (C=O) groups is 1. The lowest BCUT2D eigenvalue weighted by Crippen LogP contribution is -2.15. The number of benzene rings is 1. The van der Waals surface area contributed by atoms with Crippen molar-refractivity contribution < 1.29 is 9.90 Å². The van der Waals surface area contributed by atoms with E-state index in [0.717, 1.165) is 5.56 Å². The molecule has 0 fully saturated rings. The van der Waals surface area contributed by atoms with Crippen LogP contribution >= 0.6 is 0 Å². The molecule has 4 heteroatoms. The zero-order chi connectivity index (χ0) is 11.5. The van der Waals surface area contributed by atoms with Gasteiger partial charge in [-0.25, -0.2) is 0 Å². The van der Waals surface area contributed by atoms with E-state index in [1.54, 1.807) is 12.1 Å². The molecule has 2 N–H and O–H groups in total. The third kappa shape index (κ3) is 1.66. The fourth-order valence-electron chi connectivity index (χ4n) is 1.41. The van der Waals surface area contributed by atoms with Gasteiger partial charge >= 0.3 is 0 Å². The van der Waals surface area contributed by atoms with Gasteiger partial charge in [-0.3, -0.25) is 4.79 Å². The molecule has 78 valence electrons. The molecular formula is C12H8N2O2. The molecule has 16 heavy (non-hydrogen) atoms. The van der Waals surface area contributed by atoms with Gasteiger partial charge in [-0.15, -0.1) is 0 Å². The van der Waals surface area contributed by atoms with Crippen LogP contribution in [0.1, 0.15) is 5.56 Å². The summed E-state index contributed by atoms with van der Waals surface area (Å²) in [6, 6.07) is 10.9. The summed E-state index contributed by atoms with van der Waals surface area (Å²) in [4.78, 5) is 11.2. The van der Waals surface area contributed by atoms with Gasteiger partial charge in [0.2, 0.25) is 0 Å². The highest BCUT2D eigenvalue weighted by Crippen LogP contribution is 2.19. The van der Waals surface area contributed by atoms with Crippen molar-refractivity contribution in [1.29, 1.82) is 5.26 Å². The first-order valence-corrected chi connectivity index (χ1v) is 4.64. The molecule has 4 nitrogen and oxygen atoms in total. The van der Waals surface area contributed by atoms with Gasteiger partial charge in [0, 0.05) is 0 Å². The van der Waals surface area contributed by atoms with Crippen LogP contribution in [0, 0.1) is 11.3 Å². The monoisotopic (exact) mass is 212 g/mol. The lowest BCUT2D eigenvalue weighted by Gasteiger charge is -1.98. The summed E-state index contributed by atoms with van der Waals surface area (Å²) in [5, 5.41) is 20.6. The van der Waals surface area contributed by atoms with Crippen LogP contribution in [0.15, 0.2) is 47.4 Å². The molecule has 1 aromatic rings. The molecule has 1 amide bonds. The quantitative estimate of drug-likeness (QED) is 0.740. The lowest BCUT2D eigenvalue weighted by molar-refractivity contribution is -0.115. The second-order valence-corrected chi connectivity index (χ2v) is 3.26. The van der Waals surface area contributed by atoms with E-state index >= 15 is 0 Å². The average Bonchev–Trinajstić information content (AvgIpc) is 2.55.